The number of hydrogen-bond donors (Lipinski definition) is 1. The molecule has 1 N–H and O–H groups in total. The minimum absolute atomic E-state index is 0.301. The highest BCUT2D eigenvalue weighted by atomic mass is 16.6. The zero-order chi connectivity index (χ0) is 24.1. The Labute approximate surface area is 208 Å². The number of phenols is 1. The molecule has 0 saturated carbocycles. The fourth-order valence-corrected chi connectivity index (χ4v) is 4.14. The number of benzene rings is 3. The van der Waals surface area contributed by atoms with Crippen molar-refractivity contribution >= 4 is 0 Å². The second-order valence-electron chi connectivity index (χ2n) is 8.50. The molecule has 0 atom stereocenters. The van der Waals surface area contributed by atoms with Crippen molar-refractivity contribution in [2.75, 3.05) is 65.9 Å². The molecule has 3 aromatic rings. The van der Waals surface area contributed by atoms with Crippen molar-refractivity contribution in [1.29, 1.82) is 0 Å². The standard InChI is InChI=1S/C29H35NO5/c31-29-27(25-7-3-1-4-8-25)21-24(22-28(29)26-9-5-2-6-10-26)23-30-11-13-32-15-17-34-19-20-35-18-16-33-14-12-30/h1-10,21-22,31H,11-20,23H2. The summed E-state index contributed by atoms with van der Waals surface area (Å²) in [6.45, 7) is 6.94. The highest BCUT2D eigenvalue weighted by Gasteiger charge is 2.15. The lowest BCUT2D eigenvalue weighted by molar-refractivity contribution is 0.00206. The minimum atomic E-state index is 0.301. The van der Waals surface area contributed by atoms with E-state index in [-0.39, 0.29) is 0 Å². The second-order valence-corrected chi connectivity index (χ2v) is 8.50. The average Bonchev–Trinajstić information content (AvgIpc) is 2.91. The molecular formula is C29H35NO5. The van der Waals surface area contributed by atoms with Crippen molar-refractivity contribution in [3.05, 3.63) is 78.4 Å². The number of aromatic hydroxyl groups is 1. The summed E-state index contributed by atoms with van der Waals surface area (Å²) in [6, 6.07) is 24.3. The van der Waals surface area contributed by atoms with Gasteiger partial charge in [0.05, 0.1) is 52.9 Å². The van der Waals surface area contributed by atoms with Crippen LogP contribution in [0, 0.1) is 0 Å². The lowest BCUT2D eigenvalue weighted by Gasteiger charge is -2.23. The first kappa shape index (κ1) is 25.4. The molecule has 0 aliphatic carbocycles. The Morgan fingerprint density at radius 1 is 0.571 bits per heavy atom. The molecule has 6 heteroatoms. The Morgan fingerprint density at radius 2 is 0.971 bits per heavy atom. The molecule has 0 spiro atoms. The van der Waals surface area contributed by atoms with E-state index < -0.39 is 0 Å². The summed E-state index contributed by atoms with van der Waals surface area (Å²) in [6.07, 6.45) is 0. The van der Waals surface area contributed by atoms with Crippen LogP contribution in [0.4, 0.5) is 0 Å². The fourth-order valence-electron chi connectivity index (χ4n) is 4.14. The molecule has 0 bridgehead atoms. The van der Waals surface area contributed by atoms with Gasteiger partial charge in [0.1, 0.15) is 5.75 Å². The second kappa shape index (κ2) is 14.0. The van der Waals surface area contributed by atoms with E-state index in [1.807, 2.05) is 60.7 Å². The highest BCUT2D eigenvalue weighted by molar-refractivity contribution is 5.82. The van der Waals surface area contributed by atoms with Gasteiger partial charge in [0.15, 0.2) is 0 Å². The SMILES string of the molecule is Oc1c(-c2ccccc2)cc(CN2CCOCCOCCOCCOCC2)cc1-c1ccccc1. The maximum Gasteiger partial charge on any atom is 0.131 e. The van der Waals surface area contributed by atoms with Gasteiger partial charge in [-0.2, -0.15) is 0 Å². The number of hydrogen-bond acceptors (Lipinski definition) is 6. The Bertz CT molecular complexity index is 936. The number of rotatable bonds is 4. The van der Waals surface area contributed by atoms with Gasteiger partial charge in [-0.3, -0.25) is 4.90 Å². The van der Waals surface area contributed by atoms with Crippen LogP contribution in [0.1, 0.15) is 5.56 Å². The minimum Gasteiger partial charge on any atom is -0.507 e. The van der Waals surface area contributed by atoms with Crippen LogP contribution >= 0.6 is 0 Å². The molecule has 0 amide bonds. The van der Waals surface area contributed by atoms with Gasteiger partial charge in [-0.1, -0.05) is 60.7 Å². The van der Waals surface area contributed by atoms with Crippen molar-refractivity contribution in [2.24, 2.45) is 0 Å². The van der Waals surface area contributed by atoms with Gasteiger partial charge in [-0.25, -0.2) is 0 Å². The van der Waals surface area contributed by atoms with Crippen molar-refractivity contribution in [3.8, 4) is 28.0 Å². The summed E-state index contributed by atoms with van der Waals surface area (Å²) >= 11 is 0. The molecule has 1 aliphatic rings. The van der Waals surface area contributed by atoms with Gasteiger partial charge in [-0.15, -0.1) is 0 Å². The third kappa shape index (κ3) is 7.88. The molecule has 35 heavy (non-hydrogen) atoms. The maximum atomic E-state index is 11.2. The van der Waals surface area contributed by atoms with Crippen LogP contribution in [0.15, 0.2) is 72.8 Å². The quantitative estimate of drug-likeness (QED) is 0.592. The van der Waals surface area contributed by atoms with Crippen LogP contribution in [0.2, 0.25) is 0 Å². The van der Waals surface area contributed by atoms with Gasteiger partial charge in [0.2, 0.25) is 0 Å². The molecule has 186 valence electrons. The lowest BCUT2D eigenvalue weighted by atomic mass is 9.94. The smallest absolute Gasteiger partial charge is 0.131 e. The Kier molecular flexibility index (Phi) is 10.1. The van der Waals surface area contributed by atoms with Gasteiger partial charge in [-0.05, 0) is 28.8 Å². The van der Waals surface area contributed by atoms with E-state index in [4.69, 9.17) is 18.9 Å². The molecule has 1 heterocycles. The van der Waals surface area contributed by atoms with Gasteiger partial charge in [0.25, 0.3) is 0 Å². The van der Waals surface area contributed by atoms with E-state index >= 15 is 0 Å². The average molecular weight is 478 g/mol. The largest absolute Gasteiger partial charge is 0.507 e. The third-order valence-corrected chi connectivity index (χ3v) is 5.97. The number of ether oxygens (including phenoxy) is 4. The molecule has 1 saturated heterocycles. The molecule has 1 aliphatic heterocycles. The Hall–Kier alpha value is -2.74. The summed E-state index contributed by atoms with van der Waals surface area (Å²) in [7, 11) is 0. The van der Waals surface area contributed by atoms with E-state index in [2.05, 4.69) is 17.0 Å². The van der Waals surface area contributed by atoms with Crippen LogP contribution in [-0.4, -0.2) is 76.0 Å². The van der Waals surface area contributed by atoms with Crippen molar-refractivity contribution in [1.82, 2.24) is 4.90 Å². The van der Waals surface area contributed by atoms with Crippen LogP contribution < -0.4 is 0 Å². The predicted octanol–water partition coefficient (Wildman–Crippen LogP) is 4.61. The molecule has 0 unspecified atom stereocenters. The molecule has 0 radical (unpaired) electrons. The zero-order valence-electron chi connectivity index (χ0n) is 20.2. The summed E-state index contributed by atoms with van der Waals surface area (Å²) in [4.78, 5) is 2.33. The van der Waals surface area contributed by atoms with Crippen LogP contribution in [-0.2, 0) is 25.5 Å². The first-order valence-corrected chi connectivity index (χ1v) is 12.3. The Balaban J connectivity index is 1.56. The van der Waals surface area contributed by atoms with Crippen LogP contribution in [0.3, 0.4) is 0 Å². The van der Waals surface area contributed by atoms with Crippen LogP contribution in [0.5, 0.6) is 5.75 Å². The van der Waals surface area contributed by atoms with Gasteiger partial charge >= 0.3 is 0 Å². The number of nitrogens with zero attached hydrogens (tertiary/aromatic N) is 1. The topological polar surface area (TPSA) is 60.4 Å². The molecular weight excluding hydrogens is 442 g/mol. The first-order valence-electron chi connectivity index (χ1n) is 12.3. The molecule has 3 aromatic carbocycles. The van der Waals surface area contributed by atoms with E-state index in [9.17, 15) is 5.11 Å². The summed E-state index contributed by atoms with van der Waals surface area (Å²) in [5.74, 6) is 0.301. The van der Waals surface area contributed by atoms with E-state index in [1.165, 1.54) is 0 Å². The molecule has 1 fully saturated rings. The summed E-state index contributed by atoms with van der Waals surface area (Å²) in [5, 5.41) is 11.2. The predicted molar refractivity (Wildman–Crippen MR) is 138 cm³/mol. The Morgan fingerprint density at radius 3 is 1.40 bits per heavy atom. The van der Waals surface area contributed by atoms with Gasteiger partial charge in [0, 0.05) is 30.8 Å². The van der Waals surface area contributed by atoms with E-state index in [1.54, 1.807) is 0 Å². The lowest BCUT2D eigenvalue weighted by Crippen LogP contribution is -2.31. The van der Waals surface area contributed by atoms with Crippen molar-refractivity contribution in [3.63, 3.8) is 0 Å². The zero-order valence-corrected chi connectivity index (χ0v) is 20.2. The molecule has 4 rings (SSSR count). The molecule has 0 aromatic heterocycles. The van der Waals surface area contributed by atoms with Crippen molar-refractivity contribution < 1.29 is 24.1 Å². The van der Waals surface area contributed by atoms with E-state index in [0.29, 0.717) is 58.6 Å². The van der Waals surface area contributed by atoms with Gasteiger partial charge < -0.3 is 24.1 Å². The van der Waals surface area contributed by atoms with Crippen LogP contribution in [0.25, 0.3) is 22.3 Å². The van der Waals surface area contributed by atoms with E-state index in [0.717, 1.165) is 47.5 Å². The summed E-state index contributed by atoms with van der Waals surface area (Å²) < 4.78 is 22.6. The number of phenolic OH excluding ortho intramolecular Hbond substituents is 1. The maximum absolute atomic E-state index is 11.2. The monoisotopic (exact) mass is 477 g/mol. The molecule has 6 nitrogen and oxygen atoms in total. The third-order valence-electron chi connectivity index (χ3n) is 5.97. The summed E-state index contributed by atoms with van der Waals surface area (Å²) in [5.41, 5.74) is 4.79. The van der Waals surface area contributed by atoms with Crippen molar-refractivity contribution in [2.45, 2.75) is 6.54 Å². The highest BCUT2D eigenvalue weighted by Crippen LogP contribution is 2.39. The fraction of sp³-hybridized carbons (Fsp3) is 0.379. The normalized spacial score (nSPS) is 17.4. The first-order chi connectivity index (χ1) is 17.3.